The van der Waals surface area contributed by atoms with Gasteiger partial charge in [-0.3, -0.25) is 0 Å². The van der Waals surface area contributed by atoms with E-state index in [4.69, 9.17) is 31.6 Å². The zero-order chi connectivity index (χ0) is 82.9. The number of benzene rings is 6. The van der Waals surface area contributed by atoms with Gasteiger partial charge in [0.15, 0.2) is 74.0 Å². The number of nitriles is 6. The van der Waals surface area contributed by atoms with Gasteiger partial charge < -0.3 is 20.4 Å². The maximum Gasteiger partial charge on any atom is 0.254 e. The number of fused-ring (bicyclic) bond motifs is 4. The molecular formula is C64H62F24N10O4P4. The number of pyridine rings is 4. The molecule has 4 aromatic heterocycles. The second-order valence-electron chi connectivity index (χ2n) is 20.1. The molecule has 42 heteroatoms. The summed E-state index contributed by atoms with van der Waals surface area (Å²) in [6.07, 6.45) is 7.98. The Hall–Kier alpha value is -10.9. The number of aromatic nitrogens is 4. The number of hydrogen-bond acceptors (Lipinski definition) is 10. The Bertz CT molecular complexity index is 4180. The molecule has 0 aliphatic rings. The van der Waals surface area contributed by atoms with Crippen LogP contribution in [0.4, 0.5) is 101 Å². The zero-order valence-corrected chi connectivity index (χ0v) is 59.0. The third-order valence-electron chi connectivity index (χ3n) is 11.1. The molecule has 0 fully saturated rings. The van der Waals surface area contributed by atoms with Crippen LogP contribution in [0.3, 0.4) is 0 Å². The molecule has 14 nitrogen and oxygen atoms in total. The summed E-state index contributed by atoms with van der Waals surface area (Å²) in [5, 5.41) is 89.7. The summed E-state index contributed by atoms with van der Waals surface area (Å²) < 4.78 is 245. The third kappa shape index (κ3) is 52.1. The molecule has 0 unspecified atom stereocenters. The number of phenolic OH excluding ortho intramolecular Hbond substituents is 4. The van der Waals surface area contributed by atoms with Crippen LogP contribution in [0.5, 0.6) is 23.0 Å². The maximum atomic E-state index is 10.4. The Kier molecular flexibility index (Phi) is 32.8. The Morgan fingerprint density at radius 2 is 0.358 bits per heavy atom. The van der Waals surface area contributed by atoms with Crippen LogP contribution in [-0.4, -0.2) is 20.4 Å². The van der Waals surface area contributed by atoms with Crippen LogP contribution >= 0.6 is 31.2 Å². The first-order chi connectivity index (χ1) is 47.7. The first kappa shape index (κ1) is 97.2. The van der Waals surface area contributed by atoms with Crippen LogP contribution in [0, 0.1) is 68.0 Å². The van der Waals surface area contributed by atoms with Gasteiger partial charge in [-0.1, -0.05) is 72.8 Å². The quantitative estimate of drug-likeness (QED) is 0.0637. The van der Waals surface area contributed by atoms with Gasteiger partial charge >= 0.3 is 132 Å². The first-order valence-corrected chi connectivity index (χ1v) is 36.5. The molecule has 10 rings (SSSR count). The van der Waals surface area contributed by atoms with Crippen molar-refractivity contribution < 1.29 is 139 Å². The summed E-state index contributed by atoms with van der Waals surface area (Å²) in [6.45, 7) is 11.1. The Morgan fingerprint density at radius 3 is 0.491 bits per heavy atom. The predicted molar refractivity (Wildman–Crippen MR) is 355 cm³/mol. The van der Waals surface area contributed by atoms with Gasteiger partial charge in [0.1, 0.15) is 0 Å². The second kappa shape index (κ2) is 35.8. The van der Waals surface area contributed by atoms with E-state index in [1.807, 2.05) is 146 Å². The van der Waals surface area contributed by atoms with E-state index in [0.29, 0.717) is 26.2 Å². The number of phenols is 4. The van der Waals surface area contributed by atoms with Crippen molar-refractivity contribution in [2.45, 2.75) is 67.7 Å². The van der Waals surface area contributed by atoms with Crippen LogP contribution in [-0.2, 0) is 26.2 Å². The topological polar surface area (TPSA) is 239 Å². The van der Waals surface area contributed by atoms with Gasteiger partial charge in [-0.25, -0.2) is 0 Å². The zero-order valence-electron chi connectivity index (χ0n) is 55.4. The van der Waals surface area contributed by atoms with E-state index >= 15 is 0 Å². The molecule has 4 heterocycles. The number of rotatable bonds is 8. The SMILES string of the molecule is CC#N.CC#N.CC#N.CC#N.CC#N.CC#N.F[P-](F)(F)(F)(F)F.F[P-](F)(F)(F)(F)F.F[P-](F)(F)(F)(F)F.F[P-](F)(F)(F)(F)F.Oc1cccc2ccc[n+](Cc3ccccc3C[n+]3cccc4cccc(O)c43)c12.Oc1cccc2ccc[n+](Cc3ccccc3C[n+]3cccc4cccc(O)c43)c12. The fourth-order valence-electron chi connectivity index (χ4n) is 8.28. The molecule has 0 aliphatic carbocycles. The molecule has 6 aromatic carbocycles. The first-order valence-electron chi connectivity index (χ1n) is 28.4. The van der Waals surface area contributed by atoms with Gasteiger partial charge in [0, 0.05) is 88.1 Å². The molecule has 0 saturated carbocycles. The average Bonchev–Trinajstić information content (AvgIpc) is 0.792. The van der Waals surface area contributed by atoms with Gasteiger partial charge in [-0.15, -0.1) is 0 Å². The minimum Gasteiger partial charge on any atom is -0.502 e. The molecule has 4 N–H and O–H groups in total. The van der Waals surface area contributed by atoms with E-state index in [1.54, 1.807) is 60.7 Å². The van der Waals surface area contributed by atoms with Gasteiger partial charge in [-0.2, -0.15) is 49.8 Å². The second-order valence-corrected chi connectivity index (χ2v) is 27.8. The van der Waals surface area contributed by atoms with E-state index < -0.39 is 31.2 Å². The fraction of sp³-hybridized carbons (Fsp3) is 0.156. The molecule has 580 valence electrons. The van der Waals surface area contributed by atoms with Crippen molar-refractivity contribution in [2.75, 3.05) is 0 Å². The number of hydrogen-bond donors (Lipinski definition) is 4. The molecule has 0 aliphatic heterocycles. The van der Waals surface area contributed by atoms with Gasteiger partial charge in [-0.05, 0) is 72.8 Å². The van der Waals surface area contributed by atoms with Crippen molar-refractivity contribution in [2.24, 2.45) is 0 Å². The van der Waals surface area contributed by atoms with Crippen molar-refractivity contribution in [1.82, 2.24) is 0 Å². The van der Waals surface area contributed by atoms with E-state index in [1.165, 1.54) is 41.5 Å². The molecule has 0 saturated heterocycles. The average molecular weight is 1620 g/mol. The minimum atomic E-state index is -10.7. The molecule has 0 spiro atoms. The van der Waals surface area contributed by atoms with E-state index in [2.05, 4.69) is 42.5 Å². The monoisotopic (exact) mass is 1610 g/mol. The summed E-state index contributed by atoms with van der Waals surface area (Å²) >= 11 is 0. The van der Waals surface area contributed by atoms with E-state index in [0.717, 1.165) is 65.9 Å². The normalized spacial score (nSPS) is 12.9. The van der Waals surface area contributed by atoms with Crippen LogP contribution in [0.1, 0.15) is 63.8 Å². The van der Waals surface area contributed by atoms with Crippen LogP contribution in [0.25, 0.3) is 43.6 Å². The third-order valence-corrected chi connectivity index (χ3v) is 11.1. The molecule has 0 amide bonds. The minimum absolute atomic E-state index is 0.277. The summed E-state index contributed by atoms with van der Waals surface area (Å²) in [6, 6.07) is 65.5. The summed E-state index contributed by atoms with van der Waals surface area (Å²) in [5.74, 6) is 1.11. The van der Waals surface area contributed by atoms with Crippen molar-refractivity contribution in [1.29, 1.82) is 31.6 Å². The standard InChI is InChI=1S/2C26H20N2O2.6C2H3N.4F6P/c2*29-23-13-3-9-19-11-5-15-27(25(19)23)17-21-7-1-2-8-22(21)18-28-16-6-12-20-10-4-14-24(30)26(20)28;6*1-2-3;4*1-7(2,3,4,5)6/h2*1-16H,17-18H2;6*1H3;;;;/q;;;;;;;;4*-1/p+4. The van der Waals surface area contributed by atoms with Crippen molar-refractivity contribution in [3.05, 3.63) is 217 Å². The molecule has 0 atom stereocenters. The van der Waals surface area contributed by atoms with Crippen LogP contribution in [0.15, 0.2) is 195 Å². The van der Waals surface area contributed by atoms with Crippen LogP contribution < -0.4 is 18.3 Å². The number of nitrogens with zero attached hydrogens (tertiary/aromatic N) is 10. The Labute approximate surface area is 588 Å². The summed E-state index contributed by atoms with van der Waals surface area (Å²) in [4.78, 5) is 0. The van der Waals surface area contributed by atoms with E-state index in [-0.39, 0.29) is 23.0 Å². The largest absolute Gasteiger partial charge is 0.502 e. The Morgan fingerprint density at radius 1 is 0.236 bits per heavy atom. The molecule has 10 aromatic rings. The predicted octanol–water partition coefficient (Wildman–Crippen LogP) is 24.9. The molecule has 0 radical (unpaired) electrons. The van der Waals surface area contributed by atoms with Crippen molar-refractivity contribution >= 4 is 74.8 Å². The molecule has 0 bridgehead atoms. The fourth-order valence-corrected chi connectivity index (χ4v) is 8.28. The van der Waals surface area contributed by atoms with E-state index in [9.17, 15) is 121 Å². The summed E-state index contributed by atoms with van der Waals surface area (Å²) in [5.41, 5.74) is 7.96. The number of aromatic hydroxyl groups is 4. The molecular weight excluding hydrogens is 1550 g/mol. The van der Waals surface area contributed by atoms with Crippen molar-refractivity contribution in [3.63, 3.8) is 0 Å². The van der Waals surface area contributed by atoms with Gasteiger partial charge in [0.05, 0.1) is 58.0 Å². The van der Waals surface area contributed by atoms with Crippen LogP contribution in [0.2, 0.25) is 0 Å². The van der Waals surface area contributed by atoms with Gasteiger partial charge in [0.25, 0.3) is 22.1 Å². The maximum absolute atomic E-state index is 10.7. The molecule has 106 heavy (non-hydrogen) atoms. The smallest absolute Gasteiger partial charge is 0.254 e. The van der Waals surface area contributed by atoms with Crippen molar-refractivity contribution in [3.8, 4) is 59.4 Å². The number of para-hydroxylation sites is 4. The summed E-state index contributed by atoms with van der Waals surface area (Å²) in [7, 11) is -42.6. The van der Waals surface area contributed by atoms with Gasteiger partial charge in [0.2, 0.25) is 0 Å². The number of halogens is 24. The Balaban J connectivity index is 0.